The van der Waals surface area contributed by atoms with Crippen LogP contribution in [0.1, 0.15) is 87.0 Å². The van der Waals surface area contributed by atoms with Crippen molar-refractivity contribution in [3.63, 3.8) is 0 Å². The quantitative estimate of drug-likeness (QED) is 0.338. The minimum Gasteiger partial charge on any atom is -0.207 e. The van der Waals surface area contributed by atoms with Gasteiger partial charge in [-0.05, 0) is 91.2 Å². The summed E-state index contributed by atoms with van der Waals surface area (Å²) in [7, 11) is 0. The average molecular weight is 471 g/mol. The monoisotopic (exact) mass is 470 g/mol. The maximum absolute atomic E-state index is 14.7. The summed E-state index contributed by atoms with van der Waals surface area (Å²) < 4.78 is 80.4. The zero-order valence-electron chi connectivity index (χ0n) is 19.3. The van der Waals surface area contributed by atoms with Crippen molar-refractivity contribution in [2.75, 3.05) is 0 Å². The Hall–Kier alpha value is -1.98. The van der Waals surface area contributed by atoms with Gasteiger partial charge in [-0.2, -0.15) is 13.2 Å². The van der Waals surface area contributed by atoms with Crippen LogP contribution in [0.2, 0.25) is 0 Å². The first-order chi connectivity index (χ1) is 15.5. The molecule has 1 fully saturated rings. The second-order valence-corrected chi connectivity index (χ2v) is 9.83. The maximum atomic E-state index is 14.7. The van der Waals surface area contributed by atoms with E-state index in [1.165, 1.54) is 19.3 Å². The summed E-state index contributed by atoms with van der Waals surface area (Å²) in [6.45, 7) is 4.49. The Balaban J connectivity index is 1.56. The lowest BCUT2D eigenvalue weighted by Gasteiger charge is -2.29. The Morgan fingerprint density at radius 3 is 2.03 bits per heavy atom. The molecule has 1 aliphatic carbocycles. The third-order valence-electron chi connectivity index (χ3n) is 6.86. The van der Waals surface area contributed by atoms with Crippen molar-refractivity contribution in [2.45, 2.75) is 83.7 Å². The lowest BCUT2D eigenvalue weighted by Crippen LogP contribution is -2.14. The minimum absolute atomic E-state index is 0.0454. The van der Waals surface area contributed by atoms with Gasteiger partial charge >= 0.3 is 6.18 Å². The number of aryl methyl sites for hydroxylation is 2. The molecular formula is C27H32F6. The summed E-state index contributed by atoms with van der Waals surface area (Å²) in [6, 6.07) is 6.51. The Labute approximate surface area is 192 Å². The summed E-state index contributed by atoms with van der Waals surface area (Å²) >= 11 is 0. The van der Waals surface area contributed by atoms with Gasteiger partial charge in [-0.3, -0.25) is 0 Å². The van der Waals surface area contributed by atoms with Crippen molar-refractivity contribution in [1.29, 1.82) is 0 Å². The van der Waals surface area contributed by atoms with Gasteiger partial charge in [0.25, 0.3) is 0 Å². The zero-order chi connectivity index (χ0) is 24.2. The molecule has 6 heteroatoms. The molecule has 0 heterocycles. The minimum atomic E-state index is -5.10. The van der Waals surface area contributed by atoms with Gasteiger partial charge in [0, 0.05) is 0 Å². The number of halogens is 6. The molecule has 0 unspecified atom stereocenters. The Bertz CT molecular complexity index is 900. The molecule has 0 bridgehead atoms. The van der Waals surface area contributed by atoms with Gasteiger partial charge in [0.15, 0.2) is 0 Å². The largest absolute Gasteiger partial charge is 0.422 e. The number of rotatable bonds is 8. The second-order valence-electron chi connectivity index (χ2n) is 9.83. The van der Waals surface area contributed by atoms with Crippen molar-refractivity contribution in [2.24, 2.45) is 11.8 Å². The third kappa shape index (κ3) is 7.00. The van der Waals surface area contributed by atoms with E-state index < -0.39 is 23.4 Å². The fourth-order valence-electron chi connectivity index (χ4n) is 4.94. The number of alkyl halides is 3. The van der Waals surface area contributed by atoms with Gasteiger partial charge in [0.05, 0.1) is 0 Å². The van der Waals surface area contributed by atoms with Gasteiger partial charge in [0.2, 0.25) is 0 Å². The number of benzene rings is 2. The van der Waals surface area contributed by atoms with E-state index in [1.54, 1.807) is 12.1 Å². The average Bonchev–Trinajstić information content (AvgIpc) is 2.71. The highest BCUT2D eigenvalue weighted by atomic mass is 19.4. The number of hydrogen-bond acceptors (Lipinski definition) is 0. The topological polar surface area (TPSA) is 0 Å². The van der Waals surface area contributed by atoms with Crippen LogP contribution in [-0.2, 0) is 19.0 Å². The van der Waals surface area contributed by atoms with Crippen LogP contribution in [0.4, 0.5) is 26.3 Å². The molecule has 0 nitrogen and oxygen atoms in total. The van der Waals surface area contributed by atoms with Gasteiger partial charge in [0.1, 0.15) is 23.0 Å². The van der Waals surface area contributed by atoms with Gasteiger partial charge in [-0.15, -0.1) is 0 Å². The first-order valence-corrected chi connectivity index (χ1v) is 11.9. The van der Waals surface area contributed by atoms with Crippen LogP contribution in [0.15, 0.2) is 30.3 Å². The molecule has 0 aromatic heterocycles. The second kappa shape index (κ2) is 11.0. The normalized spacial score (nSPS) is 19.3. The molecule has 33 heavy (non-hydrogen) atoms. The Kier molecular flexibility index (Phi) is 8.52. The molecule has 2 aromatic carbocycles. The Morgan fingerprint density at radius 2 is 1.48 bits per heavy atom. The van der Waals surface area contributed by atoms with Crippen LogP contribution in [-0.4, -0.2) is 0 Å². The summed E-state index contributed by atoms with van der Waals surface area (Å²) in [5.41, 5.74) is -0.459. The molecular weight excluding hydrogens is 438 g/mol. The SMILES string of the molecule is CC(C)CCCC1CCC(c2ccc(CCc3cc(F)c(C(F)(F)F)c(F)c3)c(F)c2)CC1. The highest BCUT2D eigenvalue weighted by Crippen LogP contribution is 2.38. The smallest absolute Gasteiger partial charge is 0.207 e. The molecule has 1 aliphatic rings. The number of hydrogen-bond donors (Lipinski definition) is 0. The van der Waals surface area contributed by atoms with Gasteiger partial charge < -0.3 is 0 Å². The fraction of sp³-hybridized carbons (Fsp3) is 0.556. The van der Waals surface area contributed by atoms with Crippen molar-refractivity contribution < 1.29 is 26.3 Å². The first kappa shape index (κ1) is 25.6. The van der Waals surface area contributed by atoms with Crippen LogP contribution in [0.5, 0.6) is 0 Å². The van der Waals surface area contributed by atoms with E-state index in [4.69, 9.17) is 0 Å². The molecule has 0 radical (unpaired) electrons. The predicted molar refractivity (Wildman–Crippen MR) is 119 cm³/mol. The van der Waals surface area contributed by atoms with Crippen LogP contribution in [0, 0.1) is 29.3 Å². The Morgan fingerprint density at radius 1 is 0.848 bits per heavy atom. The van der Waals surface area contributed by atoms with E-state index in [2.05, 4.69) is 13.8 Å². The van der Waals surface area contributed by atoms with Crippen molar-refractivity contribution >= 4 is 0 Å². The van der Waals surface area contributed by atoms with E-state index in [9.17, 15) is 26.3 Å². The molecule has 0 N–H and O–H groups in total. The summed E-state index contributed by atoms with van der Waals surface area (Å²) in [4.78, 5) is 0. The van der Waals surface area contributed by atoms with E-state index in [1.807, 2.05) is 6.07 Å². The van der Waals surface area contributed by atoms with E-state index in [-0.39, 0.29) is 24.2 Å². The van der Waals surface area contributed by atoms with Gasteiger partial charge in [-0.1, -0.05) is 45.2 Å². The van der Waals surface area contributed by atoms with Crippen molar-refractivity contribution in [3.8, 4) is 0 Å². The maximum Gasteiger partial charge on any atom is 0.422 e. The molecule has 182 valence electrons. The standard InChI is InChI=1S/C27H32F6/c1-17(2)4-3-5-18-6-9-20(10-7-18)22-13-12-21(23(28)16-22)11-8-19-14-24(29)26(25(30)15-19)27(31,32)33/h12-18,20H,3-11H2,1-2H3. The fourth-order valence-corrected chi connectivity index (χ4v) is 4.94. The zero-order valence-corrected chi connectivity index (χ0v) is 19.3. The summed E-state index contributed by atoms with van der Waals surface area (Å²) in [6.07, 6.45) is 3.33. The molecule has 0 aliphatic heterocycles. The highest BCUT2D eigenvalue weighted by molar-refractivity contribution is 5.31. The van der Waals surface area contributed by atoms with E-state index in [0.717, 1.165) is 43.1 Å². The van der Waals surface area contributed by atoms with Crippen LogP contribution in [0.3, 0.4) is 0 Å². The van der Waals surface area contributed by atoms with Crippen molar-refractivity contribution in [3.05, 3.63) is 70.0 Å². The van der Waals surface area contributed by atoms with Crippen LogP contribution >= 0.6 is 0 Å². The molecule has 0 spiro atoms. The van der Waals surface area contributed by atoms with E-state index in [0.29, 0.717) is 23.6 Å². The highest BCUT2D eigenvalue weighted by Gasteiger charge is 2.37. The third-order valence-corrected chi connectivity index (χ3v) is 6.86. The summed E-state index contributed by atoms with van der Waals surface area (Å²) in [5, 5.41) is 0. The first-order valence-electron chi connectivity index (χ1n) is 11.9. The van der Waals surface area contributed by atoms with E-state index >= 15 is 0 Å². The molecule has 1 saturated carbocycles. The molecule has 0 amide bonds. The molecule has 2 aromatic rings. The molecule has 0 saturated heterocycles. The van der Waals surface area contributed by atoms with Crippen molar-refractivity contribution in [1.82, 2.24) is 0 Å². The molecule has 0 atom stereocenters. The van der Waals surface area contributed by atoms with Crippen LogP contribution < -0.4 is 0 Å². The predicted octanol–water partition coefficient (Wildman–Crippen LogP) is 9.01. The summed E-state index contributed by atoms with van der Waals surface area (Å²) in [5.74, 6) is -1.83. The lowest BCUT2D eigenvalue weighted by atomic mass is 9.76. The van der Waals surface area contributed by atoms with Crippen LogP contribution in [0.25, 0.3) is 0 Å². The lowest BCUT2D eigenvalue weighted by molar-refractivity contribution is -0.142. The van der Waals surface area contributed by atoms with Gasteiger partial charge in [-0.25, -0.2) is 13.2 Å². The molecule has 3 rings (SSSR count).